The van der Waals surface area contributed by atoms with E-state index < -0.39 is 224 Å². The molecule has 0 saturated carbocycles. The number of aliphatic hydroxyl groups excluding tert-OH is 1. The van der Waals surface area contributed by atoms with Crippen LogP contribution >= 0.6 is 0 Å². The SMILES string of the molecule is CC(C)C[C@H](NC(=O)[C@H](C)NC(=O)[C@@H](NC(=O)[C@H](CC(C)C)NC(=O)[C@@H](N)C(C)C)C(C)C)C(=O)N[C@@H](CC(=O)O)C(=O)N[C@@H](Cc1ccc(O)cc1)C(=O)N[C@@H](CO)C(=O)N[C@@H](CCC(N)=O)C(=O)N[C@@H](CCCCN)C(=O)N[C@@H](CCC(=O)O)C(=O)N[C@@H](CC(C)C)C(=O)N[C@@H](CCCN=C(N)N)C(=O)O. The molecule has 0 radical (unpaired) electrons. The maximum absolute atomic E-state index is 14.4. The molecule has 39 heteroatoms. The van der Waals surface area contributed by atoms with Crippen molar-refractivity contribution in [1.29, 1.82) is 0 Å². The van der Waals surface area contributed by atoms with E-state index in [9.17, 15) is 102 Å². The van der Waals surface area contributed by atoms with Crippen molar-refractivity contribution in [1.82, 2.24) is 63.8 Å². The molecule has 27 N–H and O–H groups in total. The van der Waals surface area contributed by atoms with Crippen LogP contribution in [-0.2, 0) is 83.1 Å². The van der Waals surface area contributed by atoms with Crippen LogP contribution in [0.15, 0.2) is 29.3 Å². The van der Waals surface area contributed by atoms with E-state index in [-0.39, 0.29) is 105 Å². The Kier molecular flexibility index (Phi) is 43.2. The summed E-state index contributed by atoms with van der Waals surface area (Å²) in [4.78, 5) is 220. The lowest BCUT2D eigenvalue weighted by Gasteiger charge is -2.29. The van der Waals surface area contributed by atoms with Gasteiger partial charge in [0.05, 0.1) is 19.1 Å². The number of aromatic hydroxyl groups is 1. The van der Waals surface area contributed by atoms with Crippen LogP contribution in [-0.4, -0.2) is 224 Å². The molecule has 0 fully saturated rings. The number of carboxylic acid groups (broad SMARTS) is 3. The van der Waals surface area contributed by atoms with Crippen LogP contribution in [0, 0.1) is 29.6 Å². The second-order valence-electron chi connectivity index (χ2n) is 28.4. The van der Waals surface area contributed by atoms with Gasteiger partial charge in [0.1, 0.15) is 78.3 Å². The third kappa shape index (κ3) is 37.3. The fourth-order valence-electron chi connectivity index (χ4n) is 10.6. The number of nitrogens with two attached hydrogens (primary N) is 5. The highest BCUT2D eigenvalue weighted by molar-refractivity contribution is 6.00. The molecule has 1 rings (SSSR count). The molecule has 0 saturated heterocycles. The number of aliphatic hydroxyl groups is 1. The number of primary amides is 1. The van der Waals surface area contributed by atoms with Crippen molar-refractivity contribution in [2.75, 3.05) is 19.7 Å². The molecular formula is C69H116N18O21. The number of unbranched alkanes of at least 4 members (excludes halogenated alkanes) is 1. The van der Waals surface area contributed by atoms with Gasteiger partial charge in [0, 0.05) is 25.8 Å². The molecule has 0 aliphatic rings. The zero-order valence-electron chi connectivity index (χ0n) is 63.3. The van der Waals surface area contributed by atoms with Crippen molar-refractivity contribution in [2.45, 2.75) is 245 Å². The maximum Gasteiger partial charge on any atom is 0.326 e. The fourth-order valence-corrected chi connectivity index (χ4v) is 10.6. The summed E-state index contributed by atoms with van der Waals surface area (Å²) in [7, 11) is 0. The highest BCUT2D eigenvalue weighted by Crippen LogP contribution is 2.16. The Morgan fingerprint density at radius 3 is 1.23 bits per heavy atom. The average Bonchev–Trinajstić information content (AvgIpc) is 0.838. The molecule has 608 valence electrons. The highest BCUT2D eigenvalue weighted by Gasteiger charge is 2.39. The van der Waals surface area contributed by atoms with Gasteiger partial charge < -0.3 is 118 Å². The fraction of sp³-hybridized carbons (Fsp3) is 0.667. The van der Waals surface area contributed by atoms with Crippen molar-refractivity contribution in [2.24, 2.45) is 63.3 Å². The normalized spacial score (nSPS) is 14.9. The Hall–Kier alpha value is -10.3. The van der Waals surface area contributed by atoms with Crippen molar-refractivity contribution in [3.05, 3.63) is 29.8 Å². The molecule has 39 nitrogen and oxygen atoms in total. The monoisotopic (exact) mass is 1530 g/mol. The molecule has 0 spiro atoms. The number of aliphatic imine (C=N–C) groups is 1. The highest BCUT2D eigenvalue weighted by atomic mass is 16.4. The summed E-state index contributed by atoms with van der Waals surface area (Å²) in [5.74, 6) is -19.9. The van der Waals surface area contributed by atoms with Gasteiger partial charge in [0.15, 0.2) is 5.96 Å². The van der Waals surface area contributed by atoms with E-state index in [4.69, 9.17) is 28.7 Å². The lowest BCUT2D eigenvalue weighted by Crippen LogP contribution is -2.61. The number of nitrogens with zero attached hydrogens (tertiary/aromatic N) is 1. The molecule has 108 heavy (non-hydrogen) atoms. The van der Waals surface area contributed by atoms with Crippen LogP contribution in [0.2, 0.25) is 0 Å². The van der Waals surface area contributed by atoms with Crippen LogP contribution in [0.5, 0.6) is 5.75 Å². The minimum atomic E-state index is -2.03. The number of carbonyl (C=O) groups excluding carboxylic acids is 13. The van der Waals surface area contributed by atoms with E-state index >= 15 is 0 Å². The van der Waals surface area contributed by atoms with Crippen LogP contribution in [0.1, 0.15) is 165 Å². The molecule has 0 aliphatic carbocycles. The first kappa shape index (κ1) is 95.7. The summed E-state index contributed by atoms with van der Waals surface area (Å²) in [6.45, 7) is 17.2. The molecule has 1 aromatic rings. The van der Waals surface area contributed by atoms with E-state index in [1.165, 1.54) is 31.2 Å². The molecule has 1 aromatic carbocycles. The van der Waals surface area contributed by atoms with Crippen molar-refractivity contribution in [3.8, 4) is 5.75 Å². The molecule has 13 amide bonds. The number of nitrogens with one attached hydrogen (secondary N) is 12. The van der Waals surface area contributed by atoms with E-state index in [1.807, 2.05) is 13.8 Å². The summed E-state index contributed by atoms with van der Waals surface area (Å²) in [5.41, 5.74) is 28.1. The van der Waals surface area contributed by atoms with Crippen molar-refractivity contribution >= 4 is 101 Å². The van der Waals surface area contributed by atoms with Gasteiger partial charge in [-0.2, -0.15) is 0 Å². The number of aliphatic carboxylic acids is 3. The lowest BCUT2D eigenvalue weighted by molar-refractivity contribution is -0.142. The van der Waals surface area contributed by atoms with Crippen LogP contribution in [0.3, 0.4) is 0 Å². The van der Waals surface area contributed by atoms with Crippen LogP contribution in [0.4, 0.5) is 0 Å². The minimum absolute atomic E-state index is 0.0292. The number of phenolic OH excluding ortho intramolecular Hbond substituents is 1. The number of benzene rings is 1. The molecule has 0 unspecified atom stereocenters. The number of rotatable bonds is 52. The zero-order chi connectivity index (χ0) is 82.4. The number of amides is 13. The van der Waals surface area contributed by atoms with E-state index in [0.29, 0.717) is 0 Å². The molecule has 13 atom stereocenters. The molecule has 0 heterocycles. The summed E-state index contributed by atoms with van der Waals surface area (Å²) in [6.07, 6.45) is -4.01. The van der Waals surface area contributed by atoms with Gasteiger partial charge in [-0.3, -0.25) is 76.9 Å². The molecule has 0 aromatic heterocycles. The largest absolute Gasteiger partial charge is 0.508 e. The van der Waals surface area contributed by atoms with Gasteiger partial charge >= 0.3 is 17.9 Å². The molecule has 0 aliphatic heterocycles. The Bertz CT molecular complexity index is 3240. The maximum atomic E-state index is 14.4. The van der Waals surface area contributed by atoms with E-state index in [1.54, 1.807) is 55.4 Å². The van der Waals surface area contributed by atoms with Gasteiger partial charge in [-0.15, -0.1) is 0 Å². The van der Waals surface area contributed by atoms with Crippen molar-refractivity contribution in [3.63, 3.8) is 0 Å². The number of phenols is 1. The Morgan fingerprint density at radius 1 is 0.407 bits per heavy atom. The number of carbonyl (C=O) groups is 16. The first-order chi connectivity index (χ1) is 50.4. The standard InChI is InChI=1S/C69H116N18O21/c1-33(2)27-45(81-56(95)38(11)76-67(106)55(37(9)10)87-64(103)47(29-35(5)6)85-66(105)54(72)36(7)8)61(100)84-49(31-53(93)94)63(102)83-48(30-39-17-19-40(89)20-18-39)62(101)86-50(32-88)65(104)79-42(21-23-51(71)90)58(97)77-41(15-12-13-25-70)57(96)78-43(22-24-52(91)92)59(98)82-46(28-34(3)4)60(99)80-44(68(107)108)16-14-26-75-69(73)74/h17-20,33-38,41-50,54-55,88-89H,12-16,21-32,70,72H2,1-11H3,(H2,71,90)(H,76,106)(H,77,97)(H,78,96)(H,79,104)(H,80,99)(H,81,95)(H,82,98)(H,83,102)(H,84,100)(H,85,105)(H,86,101)(H,87,103)(H,91,92)(H,93,94)(H,107,108)(H4,73,74,75)/t38-,41-,42-,43-,44-,45-,46-,47-,48-,49-,50-,54-,55-/m0/s1. The molecular weight excluding hydrogens is 1420 g/mol. The summed E-state index contributed by atoms with van der Waals surface area (Å²) in [5, 5.41) is 79.5. The van der Waals surface area contributed by atoms with Gasteiger partial charge in [0.25, 0.3) is 0 Å². The third-order valence-corrected chi connectivity index (χ3v) is 16.6. The van der Waals surface area contributed by atoms with Crippen LogP contribution in [0.25, 0.3) is 0 Å². The summed E-state index contributed by atoms with van der Waals surface area (Å²) in [6, 6.07) is -15.1. The first-order valence-corrected chi connectivity index (χ1v) is 35.9. The molecule has 0 bridgehead atoms. The van der Waals surface area contributed by atoms with Gasteiger partial charge in [-0.1, -0.05) is 81.4 Å². The number of guanidine groups is 1. The van der Waals surface area contributed by atoms with E-state index in [0.717, 1.165) is 0 Å². The second kappa shape index (κ2) is 48.8. The minimum Gasteiger partial charge on any atom is -0.508 e. The quantitative estimate of drug-likeness (QED) is 0.0166. The van der Waals surface area contributed by atoms with Crippen LogP contribution < -0.4 is 92.5 Å². The van der Waals surface area contributed by atoms with Gasteiger partial charge in [-0.05, 0) is 125 Å². The smallest absolute Gasteiger partial charge is 0.326 e. The summed E-state index contributed by atoms with van der Waals surface area (Å²) < 4.78 is 0. The topological polar surface area (TPSA) is 661 Å². The Labute approximate surface area is 627 Å². The average molecular weight is 1530 g/mol. The zero-order valence-corrected chi connectivity index (χ0v) is 63.3. The third-order valence-electron chi connectivity index (χ3n) is 16.6. The Balaban J connectivity index is 3.67. The van der Waals surface area contributed by atoms with Crippen molar-refractivity contribution < 1.29 is 102 Å². The summed E-state index contributed by atoms with van der Waals surface area (Å²) >= 11 is 0. The van der Waals surface area contributed by atoms with E-state index in [2.05, 4.69) is 68.8 Å². The Morgan fingerprint density at radius 2 is 0.796 bits per heavy atom. The lowest BCUT2D eigenvalue weighted by atomic mass is 9.98. The number of carboxylic acids is 3. The first-order valence-electron chi connectivity index (χ1n) is 35.9. The van der Waals surface area contributed by atoms with Gasteiger partial charge in [0.2, 0.25) is 76.8 Å². The number of hydrogen-bond donors (Lipinski definition) is 22. The second-order valence-corrected chi connectivity index (χ2v) is 28.4. The predicted molar refractivity (Wildman–Crippen MR) is 392 cm³/mol. The number of hydrogen-bond acceptors (Lipinski definition) is 21. The predicted octanol–water partition coefficient (Wildman–Crippen LogP) is -4.59. The van der Waals surface area contributed by atoms with Gasteiger partial charge in [-0.25, -0.2) is 4.79 Å².